The second-order valence-corrected chi connectivity index (χ2v) is 5.27. The number of methoxy groups -OCH3 is 1. The molecule has 20 heavy (non-hydrogen) atoms. The van der Waals surface area contributed by atoms with E-state index in [9.17, 15) is 9.59 Å². The number of rotatable bonds is 4. The SMILES string of the molecule is COC(=O)CN(C(=O)c1cc(Cl)c(N)c(Cl)c1)C(C)C. The number of anilines is 1. The molecule has 0 aliphatic heterocycles. The molecule has 0 radical (unpaired) electrons. The van der Waals surface area contributed by atoms with Gasteiger partial charge in [-0.2, -0.15) is 0 Å². The zero-order valence-corrected chi connectivity index (χ0v) is 13.0. The molecule has 5 nitrogen and oxygen atoms in total. The third kappa shape index (κ3) is 3.77. The van der Waals surface area contributed by atoms with E-state index in [0.717, 1.165) is 0 Å². The van der Waals surface area contributed by atoms with Crippen molar-refractivity contribution >= 4 is 40.8 Å². The van der Waals surface area contributed by atoms with Gasteiger partial charge in [0, 0.05) is 11.6 Å². The molecule has 0 spiro atoms. The van der Waals surface area contributed by atoms with E-state index in [-0.39, 0.29) is 39.8 Å². The average Bonchev–Trinajstić information content (AvgIpc) is 2.40. The maximum absolute atomic E-state index is 12.4. The smallest absolute Gasteiger partial charge is 0.325 e. The van der Waals surface area contributed by atoms with E-state index in [1.807, 2.05) is 0 Å². The highest BCUT2D eigenvalue weighted by Gasteiger charge is 2.23. The van der Waals surface area contributed by atoms with Crippen LogP contribution in [0.5, 0.6) is 0 Å². The highest BCUT2D eigenvalue weighted by molar-refractivity contribution is 6.39. The molecule has 0 fully saturated rings. The van der Waals surface area contributed by atoms with Gasteiger partial charge < -0.3 is 15.4 Å². The van der Waals surface area contributed by atoms with Crippen molar-refractivity contribution < 1.29 is 14.3 Å². The molecule has 0 aromatic heterocycles. The van der Waals surface area contributed by atoms with Crippen LogP contribution < -0.4 is 5.73 Å². The van der Waals surface area contributed by atoms with Crippen molar-refractivity contribution in [1.29, 1.82) is 0 Å². The Labute approximate surface area is 127 Å². The van der Waals surface area contributed by atoms with Gasteiger partial charge in [0.05, 0.1) is 22.8 Å². The van der Waals surface area contributed by atoms with Gasteiger partial charge in [0.2, 0.25) is 0 Å². The topological polar surface area (TPSA) is 72.6 Å². The minimum atomic E-state index is -0.500. The Morgan fingerprint density at radius 3 is 2.20 bits per heavy atom. The Morgan fingerprint density at radius 2 is 1.80 bits per heavy atom. The molecule has 0 saturated heterocycles. The van der Waals surface area contributed by atoms with Gasteiger partial charge in [-0.25, -0.2) is 0 Å². The predicted molar refractivity (Wildman–Crippen MR) is 79.1 cm³/mol. The lowest BCUT2D eigenvalue weighted by Gasteiger charge is -2.25. The second kappa shape index (κ2) is 6.81. The monoisotopic (exact) mass is 318 g/mol. The maximum Gasteiger partial charge on any atom is 0.325 e. The third-order valence-electron chi connectivity index (χ3n) is 2.74. The van der Waals surface area contributed by atoms with Crippen molar-refractivity contribution in [3.63, 3.8) is 0 Å². The largest absolute Gasteiger partial charge is 0.468 e. The second-order valence-electron chi connectivity index (χ2n) is 4.46. The summed E-state index contributed by atoms with van der Waals surface area (Å²) < 4.78 is 4.58. The summed E-state index contributed by atoms with van der Waals surface area (Å²) in [7, 11) is 1.27. The summed E-state index contributed by atoms with van der Waals surface area (Å²) in [6, 6.07) is 2.67. The third-order valence-corrected chi connectivity index (χ3v) is 3.36. The summed E-state index contributed by atoms with van der Waals surface area (Å²) in [6.07, 6.45) is 0. The fourth-order valence-corrected chi connectivity index (χ4v) is 2.05. The predicted octanol–water partition coefficient (Wildman–Crippen LogP) is 2.60. The standard InChI is InChI=1S/C13H16Cl2N2O3/c1-7(2)17(6-11(18)20-3)13(19)8-4-9(14)12(16)10(15)5-8/h4-5,7H,6,16H2,1-3H3. The molecule has 0 bridgehead atoms. The molecule has 1 amide bonds. The van der Waals surface area contributed by atoms with Crippen molar-refractivity contribution in [2.24, 2.45) is 0 Å². The summed E-state index contributed by atoms with van der Waals surface area (Å²) in [4.78, 5) is 25.1. The number of nitrogens with zero attached hydrogens (tertiary/aromatic N) is 1. The van der Waals surface area contributed by atoms with E-state index in [1.54, 1.807) is 13.8 Å². The van der Waals surface area contributed by atoms with Crippen LogP contribution in [0.1, 0.15) is 24.2 Å². The lowest BCUT2D eigenvalue weighted by molar-refractivity contribution is -0.141. The number of hydrogen-bond donors (Lipinski definition) is 1. The van der Waals surface area contributed by atoms with Gasteiger partial charge in [0.25, 0.3) is 5.91 Å². The van der Waals surface area contributed by atoms with Crippen LogP contribution in [0.3, 0.4) is 0 Å². The number of amides is 1. The highest BCUT2D eigenvalue weighted by atomic mass is 35.5. The number of halogens is 2. The molecule has 0 aliphatic carbocycles. The van der Waals surface area contributed by atoms with Crippen LogP contribution in [0.2, 0.25) is 10.0 Å². The Morgan fingerprint density at radius 1 is 1.30 bits per heavy atom. The number of nitrogens with two attached hydrogens (primary N) is 1. The number of esters is 1. The quantitative estimate of drug-likeness (QED) is 0.684. The van der Waals surface area contributed by atoms with Crippen molar-refractivity contribution in [1.82, 2.24) is 4.90 Å². The molecule has 110 valence electrons. The average molecular weight is 319 g/mol. The molecule has 0 atom stereocenters. The molecular formula is C13H16Cl2N2O3. The summed E-state index contributed by atoms with van der Waals surface area (Å²) in [5, 5.41) is 0.394. The molecule has 2 N–H and O–H groups in total. The zero-order valence-electron chi connectivity index (χ0n) is 11.4. The fraction of sp³-hybridized carbons (Fsp3) is 0.385. The number of nitrogen functional groups attached to an aromatic ring is 1. The van der Waals surface area contributed by atoms with E-state index in [2.05, 4.69) is 4.74 Å². The first-order chi connectivity index (χ1) is 9.27. The van der Waals surface area contributed by atoms with Gasteiger partial charge >= 0.3 is 5.97 Å². The van der Waals surface area contributed by atoms with Crippen LogP contribution in [-0.2, 0) is 9.53 Å². The number of benzene rings is 1. The zero-order chi connectivity index (χ0) is 15.4. The van der Waals surface area contributed by atoms with E-state index in [4.69, 9.17) is 28.9 Å². The number of carbonyl (C=O) groups is 2. The Hall–Kier alpha value is -1.46. The Balaban J connectivity index is 3.10. The minimum Gasteiger partial charge on any atom is -0.468 e. The summed E-state index contributed by atoms with van der Waals surface area (Å²) in [6.45, 7) is 3.44. The van der Waals surface area contributed by atoms with Crippen molar-refractivity contribution in [3.05, 3.63) is 27.7 Å². The van der Waals surface area contributed by atoms with Crippen LogP contribution in [-0.4, -0.2) is 36.5 Å². The molecule has 0 unspecified atom stereocenters. The first kappa shape index (κ1) is 16.6. The Kier molecular flexibility index (Phi) is 5.65. The molecule has 0 saturated carbocycles. The van der Waals surface area contributed by atoms with Gasteiger partial charge in [0.1, 0.15) is 6.54 Å². The number of ether oxygens (including phenoxy) is 1. The minimum absolute atomic E-state index is 0.146. The van der Waals surface area contributed by atoms with Crippen LogP contribution in [0.15, 0.2) is 12.1 Å². The lowest BCUT2D eigenvalue weighted by Crippen LogP contribution is -2.41. The van der Waals surface area contributed by atoms with Crippen LogP contribution in [0.25, 0.3) is 0 Å². The van der Waals surface area contributed by atoms with Crippen molar-refractivity contribution in [2.45, 2.75) is 19.9 Å². The van der Waals surface area contributed by atoms with Gasteiger partial charge in [-0.3, -0.25) is 9.59 Å². The van der Waals surface area contributed by atoms with Gasteiger partial charge in [-0.15, -0.1) is 0 Å². The summed E-state index contributed by atoms with van der Waals surface area (Å²) in [5.41, 5.74) is 6.11. The maximum atomic E-state index is 12.4. The van der Waals surface area contributed by atoms with Gasteiger partial charge in [-0.1, -0.05) is 23.2 Å². The number of carbonyl (C=O) groups excluding carboxylic acids is 2. The van der Waals surface area contributed by atoms with Crippen LogP contribution >= 0.6 is 23.2 Å². The van der Waals surface area contributed by atoms with Gasteiger partial charge in [0.15, 0.2) is 0 Å². The molecular weight excluding hydrogens is 303 g/mol. The van der Waals surface area contributed by atoms with E-state index in [1.165, 1.54) is 24.1 Å². The molecule has 1 aromatic rings. The highest BCUT2D eigenvalue weighted by Crippen LogP contribution is 2.29. The van der Waals surface area contributed by atoms with Gasteiger partial charge in [-0.05, 0) is 26.0 Å². The summed E-state index contributed by atoms with van der Waals surface area (Å²) in [5.74, 6) is -0.867. The summed E-state index contributed by atoms with van der Waals surface area (Å²) >= 11 is 11.8. The molecule has 1 aromatic carbocycles. The first-order valence-corrected chi connectivity index (χ1v) is 6.65. The van der Waals surface area contributed by atoms with E-state index >= 15 is 0 Å². The van der Waals surface area contributed by atoms with Crippen LogP contribution in [0, 0.1) is 0 Å². The lowest BCUT2D eigenvalue weighted by atomic mass is 10.1. The van der Waals surface area contributed by atoms with E-state index in [0.29, 0.717) is 0 Å². The van der Waals surface area contributed by atoms with Crippen molar-refractivity contribution in [2.75, 3.05) is 19.4 Å². The Bertz CT molecular complexity index is 509. The fourth-order valence-electron chi connectivity index (χ4n) is 1.57. The molecule has 0 heterocycles. The first-order valence-electron chi connectivity index (χ1n) is 5.90. The molecule has 0 aliphatic rings. The number of hydrogen-bond acceptors (Lipinski definition) is 4. The molecule has 1 rings (SSSR count). The van der Waals surface area contributed by atoms with E-state index < -0.39 is 5.97 Å². The van der Waals surface area contributed by atoms with Crippen LogP contribution in [0.4, 0.5) is 5.69 Å². The molecule has 7 heteroatoms. The normalized spacial score (nSPS) is 10.5. The van der Waals surface area contributed by atoms with Crippen molar-refractivity contribution in [3.8, 4) is 0 Å².